The van der Waals surface area contributed by atoms with Gasteiger partial charge in [0.15, 0.2) is 13.8 Å². The van der Waals surface area contributed by atoms with Crippen LogP contribution in [0, 0.1) is 5.92 Å². The fraction of sp³-hybridized carbons (Fsp3) is 0.875. The maximum Gasteiger partial charge on any atom is 0.431 e. The molecule has 0 saturated carbocycles. The Morgan fingerprint density at radius 1 is 0.806 bits per heavy atom. The van der Waals surface area contributed by atoms with Crippen LogP contribution in [0.3, 0.4) is 0 Å². The average molecular weight is 602 g/mol. The molecule has 1 unspecified atom stereocenters. The Labute approximate surface area is 195 Å². The molecule has 0 radical (unpaired) electrons. The molecule has 4 nitrogen and oxygen atoms in total. The summed E-state index contributed by atoms with van der Waals surface area (Å²) in [5, 5.41) is -0.330. The lowest BCUT2D eigenvalue weighted by Crippen LogP contribution is -2.57. The van der Waals surface area contributed by atoms with Gasteiger partial charge in [-0.15, -0.1) is 0 Å². The second-order valence-corrected chi connectivity index (χ2v) is 13.6. The quantitative estimate of drug-likeness (QED) is 0.283. The molecule has 0 aliphatic carbocycles. The standard InChI is InChI=1S/C16H19F14NO3PS/c1-35(32)5-2-4-31(9-35)36(33,34)6-3-10(7-11(17,13(19,20)21)14(22,23)24)8-12(18,15(25,26)27)16(28,29)30/h3,6,10,32H,2,4-5,7-9H2,1H3/q+1/b6-3+. The molecule has 0 amide bonds. The van der Waals surface area contributed by atoms with Gasteiger partial charge in [0, 0.05) is 24.8 Å². The maximum absolute atomic E-state index is 14.1. The maximum atomic E-state index is 14.1. The minimum Gasteiger partial charge on any atom is -0.251 e. The Hall–Kier alpha value is -0.940. The molecular weight excluding hydrogens is 583 g/mol. The van der Waals surface area contributed by atoms with Gasteiger partial charge in [-0.25, -0.2) is 17.2 Å². The van der Waals surface area contributed by atoms with Gasteiger partial charge in [-0.3, -0.25) is 4.89 Å². The van der Waals surface area contributed by atoms with Crippen molar-refractivity contribution in [3.8, 4) is 0 Å². The molecule has 1 heterocycles. The van der Waals surface area contributed by atoms with Gasteiger partial charge < -0.3 is 0 Å². The minimum absolute atomic E-state index is 0.0166. The summed E-state index contributed by atoms with van der Waals surface area (Å²) in [5.74, 6) is -3.53. The van der Waals surface area contributed by atoms with E-state index in [2.05, 4.69) is 0 Å². The first-order chi connectivity index (χ1) is 15.6. The number of hydrogen-bond donors (Lipinski definition) is 1. The van der Waals surface area contributed by atoms with Gasteiger partial charge in [0.05, 0.1) is 12.8 Å². The molecule has 214 valence electrons. The third kappa shape index (κ3) is 7.12. The summed E-state index contributed by atoms with van der Waals surface area (Å²) in [4.78, 5) is 10.0. The molecular formula is C16H19F14NO3PS+. The number of alkyl halides is 14. The molecule has 1 atom stereocenters. The van der Waals surface area contributed by atoms with Crippen molar-refractivity contribution < 1.29 is 74.8 Å². The van der Waals surface area contributed by atoms with E-state index in [1.165, 1.54) is 6.66 Å². The molecule has 36 heavy (non-hydrogen) atoms. The van der Waals surface area contributed by atoms with E-state index >= 15 is 0 Å². The third-order valence-corrected chi connectivity index (χ3v) is 9.23. The van der Waals surface area contributed by atoms with E-state index in [9.17, 15) is 74.8 Å². The van der Waals surface area contributed by atoms with Gasteiger partial charge >= 0.3 is 24.7 Å². The van der Waals surface area contributed by atoms with E-state index < -0.39 is 84.7 Å². The molecule has 1 N–H and O–H groups in total. The lowest BCUT2D eigenvalue weighted by molar-refractivity contribution is -0.355. The van der Waals surface area contributed by atoms with Crippen molar-refractivity contribution in [1.29, 1.82) is 0 Å². The highest BCUT2D eigenvalue weighted by Gasteiger charge is 2.75. The van der Waals surface area contributed by atoms with Crippen LogP contribution < -0.4 is 0 Å². The van der Waals surface area contributed by atoms with Crippen LogP contribution in [0.25, 0.3) is 0 Å². The summed E-state index contributed by atoms with van der Waals surface area (Å²) >= 11 is 0. The van der Waals surface area contributed by atoms with Crippen LogP contribution in [-0.2, 0) is 10.0 Å². The van der Waals surface area contributed by atoms with Crippen LogP contribution in [0.5, 0.6) is 0 Å². The molecule has 20 heteroatoms. The fourth-order valence-electron chi connectivity index (χ4n) is 3.29. The van der Waals surface area contributed by atoms with E-state index in [4.69, 9.17) is 0 Å². The second kappa shape index (κ2) is 9.98. The summed E-state index contributed by atoms with van der Waals surface area (Å²) in [5.41, 5.74) is -12.8. The van der Waals surface area contributed by atoms with Crippen LogP contribution in [0.4, 0.5) is 61.5 Å². The molecule has 1 saturated heterocycles. The van der Waals surface area contributed by atoms with Crippen LogP contribution in [0.1, 0.15) is 19.3 Å². The zero-order valence-corrected chi connectivity index (χ0v) is 19.5. The first-order valence-electron chi connectivity index (χ1n) is 9.50. The van der Waals surface area contributed by atoms with E-state index in [0.29, 0.717) is 4.31 Å². The Kier molecular flexibility index (Phi) is 9.18. The number of halogens is 14. The first kappa shape index (κ1) is 33.1. The zero-order valence-electron chi connectivity index (χ0n) is 17.8. The topological polar surface area (TPSA) is 57.6 Å². The Morgan fingerprint density at radius 2 is 1.17 bits per heavy atom. The smallest absolute Gasteiger partial charge is 0.251 e. The molecule has 1 rings (SSSR count). The summed E-state index contributed by atoms with van der Waals surface area (Å²) in [7, 11) is -7.85. The van der Waals surface area contributed by atoms with E-state index in [-0.39, 0.29) is 24.5 Å². The van der Waals surface area contributed by atoms with E-state index in [0.717, 1.165) is 0 Å². The normalized spacial score (nSPS) is 22.6. The van der Waals surface area contributed by atoms with Crippen LogP contribution >= 0.6 is 7.49 Å². The molecule has 0 bridgehead atoms. The lowest BCUT2D eigenvalue weighted by atomic mass is 9.82. The van der Waals surface area contributed by atoms with E-state index in [1.54, 1.807) is 0 Å². The number of allylic oxidation sites excluding steroid dienone is 1. The molecule has 1 aliphatic heterocycles. The Bertz CT molecular complexity index is 839. The summed E-state index contributed by atoms with van der Waals surface area (Å²) < 4.78 is 208. The molecule has 0 aromatic rings. The monoisotopic (exact) mass is 602 g/mol. The first-order valence-corrected chi connectivity index (χ1v) is 13.6. The van der Waals surface area contributed by atoms with Crippen molar-refractivity contribution in [1.82, 2.24) is 4.31 Å². The molecule has 1 fully saturated rings. The van der Waals surface area contributed by atoms with Crippen molar-refractivity contribution in [2.45, 2.75) is 55.3 Å². The number of sulfonamides is 1. The van der Waals surface area contributed by atoms with Gasteiger partial charge in [0.2, 0.25) is 10.0 Å². The molecule has 0 aromatic heterocycles. The van der Waals surface area contributed by atoms with Crippen molar-refractivity contribution in [2.24, 2.45) is 5.92 Å². The van der Waals surface area contributed by atoms with Crippen molar-refractivity contribution >= 4 is 17.5 Å². The van der Waals surface area contributed by atoms with Crippen molar-refractivity contribution in [3.05, 3.63) is 11.5 Å². The van der Waals surface area contributed by atoms with Crippen molar-refractivity contribution in [3.63, 3.8) is 0 Å². The summed E-state index contributed by atoms with van der Waals surface area (Å²) in [6, 6.07) is 0. The number of nitrogens with zero attached hydrogens (tertiary/aromatic N) is 1. The zero-order chi connectivity index (χ0) is 28.8. The SMILES string of the molecule is C[P+]1(O)CCCN(S(=O)(=O)/C=C/C(CC(F)(C(F)(F)F)C(F)(F)F)CC(F)(C(F)(F)F)C(F)(F)F)C1. The lowest BCUT2D eigenvalue weighted by Gasteiger charge is -2.36. The van der Waals surface area contributed by atoms with Crippen LogP contribution in [0.15, 0.2) is 11.5 Å². The van der Waals surface area contributed by atoms with Gasteiger partial charge in [0.1, 0.15) is 0 Å². The minimum atomic E-state index is -6.93. The Balaban J connectivity index is 3.59. The molecule has 1 aliphatic rings. The predicted octanol–water partition coefficient (Wildman–Crippen LogP) is 6.11. The predicted molar refractivity (Wildman–Crippen MR) is 98.8 cm³/mol. The second-order valence-electron chi connectivity index (χ2n) is 8.37. The highest BCUT2D eigenvalue weighted by molar-refractivity contribution is 7.92. The van der Waals surface area contributed by atoms with Crippen molar-refractivity contribution in [2.75, 3.05) is 25.7 Å². The number of rotatable bonds is 7. The van der Waals surface area contributed by atoms with Crippen LogP contribution in [-0.4, -0.2) is 79.3 Å². The van der Waals surface area contributed by atoms with Gasteiger partial charge in [-0.2, -0.15) is 57.0 Å². The summed E-state index contributed by atoms with van der Waals surface area (Å²) in [6.45, 7) is 0.874. The number of hydrogen-bond acceptors (Lipinski definition) is 3. The van der Waals surface area contributed by atoms with Crippen LogP contribution in [0.2, 0.25) is 0 Å². The summed E-state index contributed by atoms with van der Waals surface area (Å²) in [6.07, 6.45) is -35.1. The van der Waals surface area contributed by atoms with Gasteiger partial charge in [-0.05, 0) is 12.3 Å². The Morgan fingerprint density at radius 3 is 1.47 bits per heavy atom. The largest absolute Gasteiger partial charge is 0.431 e. The van der Waals surface area contributed by atoms with Gasteiger partial charge in [-0.1, -0.05) is 6.08 Å². The highest BCUT2D eigenvalue weighted by Crippen LogP contribution is 2.55. The molecule has 0 spiro atoms. The average Bonchev–Trinajstić information content (AvgIpc) is 2.61. The third-order valence-electron chi connectivity index (χ3n) is 5.28. The molecule has 0 aromatic carbocycles. The highest BCUT2D eigenvalue weighted by atomic mass is 32.2. The van der Waals surface area contributed by atoms with Gasteiger partial charge in [0.25, 0.3) is 11.3 Å². The fourth-order valence-corrected chi connectivity index (χ4v) is 7.44. The van der Waals surface area contributed by atoms with E-state index in [1.807, 2.05) is 0 Å².